The van der Waals surface area contributed by atoms with E-state index in [1.54, 1.807) is 6.92 Å². The molecule has 5 heteroatoms. The number of ether oxygens (including phenoxy) is 1. The monoisotopic (exact) mass is 278 g/mol. The fourth-order valence-electron chi connectivity index (χ4n) is 1.88. The van der Waals surface area contributed by atoms with Gasteiger partial charge in [-0.2, -0.15) is 0 Å². The van der Waals surface area contributed by atoms with Gasteiger partial charge in [0.1, 0.15) is 6.04 Å². The lowest BCUT2D eigenvalue weighted by Crippen LogP contribution is -2.31. The van der Waals surface area contributed by atoms with Crippen LogP contribution in [0.1, 0.15) is 37.8 Å². The highest BCUT2D eigenvalue weighted by molar-refractivity contribution is 5.77. The molecular weight excluding hydrogens is 256 g/mol. The van der Waals surface area contributed by atoms with E-state index >= 15 is 0 Å². The van der Waals surface area contributed by atoms with Crippen LogP contribution in [0, 0.1) is 0 Å². The Morgan fingerprint density at radius 2 is 1.95 bits per heavy atom. The summed E-state index contributed by atoms with van der Waals surface area (Å²) in [7, 11) is 0. The van der Waals surface area contributed by atoms with Crippen molar-refractivity contribution >= 4 is 11.9 Å². The number of carbonyl (C=O) groups is 2. The molecule has 0 aliphatic carbocycles. The van der Waals surface area contributed by atoms with Crippen LogP contribution in [0.15, 0.2) is 30.3 Å². The zero-order valence-electron chi connectivity index (χ0n) is 11.8. The summed E-state index contributed by atoms with van der Waals surface area (Å²) in [6, 6.07) is 8.98. The molecule has 0 radical (unpaired) electrons. The molecule has 20 heavy (non-hydrogen) atoms. The zero-order chi connectivity index (χ0) is 14.8. The predicted octanol–water partition coefficient (Wildman–Crippen LogP) is 1.54. The molecule has 0 heterocycles. The lowest BCUT2D eigenvalue weighted by Gasteiger charge is -2.17. The maximum atomic E-state index is 12.0. The minimum absolute atomic E-state index is 0.284. The number of unbranched alkanes of at least 4 members (excludes halogenated alkanes) is 1. The second-order valence-electron chi connectivity index (χ2n) is 4.47. The second-order valence-corrected chi connectivity index (χ2v) is 4.47. The molecule has 0 aliphatic heterocycles. The molecule has 0 spiro atoms. The second kappa shape index (κ2) is 9.09. The summed E-state index contributed by atoms with van der Waals surface area (Å²) in [6.07, 6.45) is 1.87. The van der Waals surface area contributed by atoms with Gasteiger partial charge in [-0.1, -0.05) is 30.3 Å². The summed E-state index contributed by atoms with van der Waals surface area (Å²) in [6.45, 7) is 2.77. The molecule has 0 saturated carbocycles. The van der Waals surface area contributed by atoms with Crippen LogP contribution in [0.4, 0.5) is 0 Å². The molecule has 0 aliphatic rings. The Morgan fingerprint density at radius 1 is 1.25 bits per heavy atom. The van der Waals surface area contributed by atoms with Crippen LogP contribution in [0.25, 0.3) is 0 Å². The highest BCUT2D eigenvalue weighted by Gasteiger charge is 2.20. The number of nitrogens with one attached hydrogen (secondary N) is 1. The Morgan fingerprint density at radius 3 is 2.55 bits per heavy atom. The Hall–Kier alpha value is -1.88. The first kappa shape index (κ1) is 16.2. The van der Waals surface area contributed by atoms with Gasteiger partial charge in [-0.05, 0) is 31.9 Å². The number of primary amides is 1. The van der Waals surface area contributed by atoms with Gasteiger partial charge in [0.15, 0.2) is 0 Å². The summed E-state index contributed by atoms with van der Waals surface area (Å²) < 4.78 is 5.08. The van der Waals surface area contributed by atoms with Gasteiger partial charge in [0.2, 0.25) is 5.91 Å². The number of hydrogen-bond acceptors (Lipinski definition) is 4. The fourth-order valence-corrected chi connectivity index (χ4v) is 1.88. The van der Waals surface area contributed by atoms with E-state index in [9.17, 15) is 9.59 Å². The molecule has 1 aromatic carbocycles. The quantitative estimate of drug-likeness (QED) is 0.530. The number of rotatable bonds is 9. The van der Waals surface area contributed by atoms with Crippen molar-refractivity contribution in [2.75, 3.05) is 13.2 Å². The maximum Gasteiger partial charge on any atom is 0.327 e. The van der Waals surface area contributed by atoms with Crippen molar-refractivity contribution in [2.24, 2.45) is 5.73 Å². The van der Waals surface area contributed by atoms with Crippen LogP contribution in [0.5, 0.6) is 0 Å². The van der Waals surface area contributed by atoms with Crippen LogP contribution >= 0.6 is 0 Å². The molecule has 1 amide bonds. The van der Waals surface area contributed by atoms with Gasteiger partial charge in [-0.15, -0.1) is 0 Å². The van der Waals surface area contributed by atoms with Crippen LogP contribution in [0.3, 0.4) is 0 Å². The summed E-state index contributed by atoms with van der Waals surface area (Å²) in [5.74, 6) is -0.580. The number of carbonyl (C=O) groups excluding carboxylic acids is 2. The lowest BCUT2D eigenvalue weighted by atomic mass is 10.1. The van der Waals surface area contributed by atoms with E-state index in [0.29, 0.717) is 26.0 Å². The first-order chi connectivity index (χ1) is 9.65. The standard InChI is InChI=1S/C15H22N2O3/c1-2-20-15(19)14(12-8-4-3-5-9-12)17-11-7-6-10-13(16)18/h3-5,8-9,14,17H,2,6-7,10-11H2,1H3,(H2,16,18). The fraction of sp³-hybridized carbons (Fsp3) is 0.467. The van der Waals surface area contributed by atoms with Gasteiger partial charge in [-0.25, -0.2) is 4.79 Å². The summed E-state index contributed by atoms with van der Waals surface area (Å²) in [4.78, 5) is 22.6. The third-order valence-corrected chi connectivity index (χ3v) is 2.85. The minimum atomic E-state index is -0.468. The Bertz CT molecular complexity index is 420. The number of nitrogens with two attached hydrogens (primary N) is 1. The van der Waals surface area contributed by atoms with Gasteiger partial charge >= 0.3 is 5.97 Å². The number of benzene rings is 1. The maximum absolute atomic E-state index is 12.0. The predicted molar refractivity (Wildman–Crippen MR) is 76.9 cm³/mol. The van der Waals surface area contributed by atoms with Crippen molar-refractivity contribution in [2.45, 2.75) is 32.2 Å². The minimum Gasteiger partial charge on any atom is -0.465 e. The topological polar surface area (TPSA) is 81.4 Å². The third kappa shape index (κ3) is 5.84. The first-order valence-electron chi connectivity index (χ1n) is 6.88. The van der Waals surface area contributed by atoms with Crippen LogP contribution in [-0.2, 0) is 14.3 Å². The van der Waals surface area contributed by atoms with Crippen LogP contribution < -0.4 is 11.1 Å². The van der Waals surface area contributed by atoms with Gasteiger partial charge in [0.05, 0.1) is 6.61 Å². The molecule has 0 aromatic heterocycles. The SMILES string of the molecule is CCOC(=O)C(NCCCCC(N)=O)c1ccccc1. The summed E-state index contributed by atoms with van der Waals surface area (Å²) >= 11 is 0. The van der Waals surface area contributed by atoms with Crippen molar-refractivity contribution in [3.8, 4) is 0 Å². The van der Waals surface area contributed by atoms with Crippen molar-refractivity contribution in [3.63, 3.8) is 0 Å². The van der Waals surface area contributed by atoms with E-state index in [2.05, 4.69) is 5.32 Å². The molecule has 1 unspecified atom stereocenters. The summed E-state index contributed by atoms with van der Waals surface area (Å²) in [5.41, 5.74) is 5.96. The first-order valence-corrected chi connectivity index (χ1v) is 6.88. The van der Waals surface area contributed by atoms with Crippen molar-refractivity contribution in [3.05, 3.63) is 35.9 Å². The van der Waals surface area contributed by atoms with Crippen LogP contribution in [0.2, 0.25) is 0 Å². The van der Waals surface area contributed by atoms with E-state index in [1.165, 1.54) is 0 Å². The number of amides is 1. The van der Waals surface area contributed by atoms with Gasteiger partial charge < -0.3 is 15.8 Å². The molecule has 1 rings (SSSR count). The molecule has 0 fully saturated rings. The molecule has 1 atom stereocenters. The van der Waals surface area contributed by atoms with Crippen LogP contribution in [-0.4, -0.2) is 25.0 Å². The van der Waals surface area contributed by atoms with Crippen molar-refractivity contribution in [1.29, 1.82) is 0 Å². The van der Waals surface area contributed by atoms with E-state index in [0.717, 1.165) is 12.0 Å². The lowest BCUT2D eigenvalue weighted by molar-refractivity contribution is -0.145. The Balaban J connectivity index is 2.51. The molecule has 110 valence electrons. The van der Waals surface area contributed by atoms with Gasteiger partial charge in [-0.3, -0.25) is 4.79 Å². The molecule has 0 bridgehead atoms. The van der Waals surface area contributed by atoms with Crippen molar-refractivity contribution < 1.29 is 14.3 Å². The van der Waals surface area contributed by atoms with Crippen molar-refractivity contribution in [1.82, 2.24) is 5.32 Å². The average Bonchev–Trinajstić information content (AvgIpc) is 2.43. The molecule has 1 aromatic rings. The normalized spacial score (nSPS) is 11.8. The van der Waals surface area contributed by atoms with E-state index in [4.69, 9.17) is 10.5 Å². The smallest absolute Gasteiger partial charge is 0.327 e. The van der Waals surface area contributed by atoms with Gasteiger partial charge in [0, 0.05) is 6.42 Å². The van der Waals surface area contributed by atoms with E-state index in [-0.39, 0.29) is 11.9 Å². The summed E-state index contributed by atoms with van der Waals surface area (Å²) in [5, 5.41) is 3.17. The molecule has 0 saturated heterocycles. The number of esters is 1. The Labute approximate surface area is 119 Å². The highest BCUT2D eigenvalue weighted by atomic mass is 16.5. The average molecular weight is 278 g/mol. The molecule has 3 N–H and O–H groups in total. The van der Waals surface area contributed by atoms with E-state index < -0.39 is 6.04 Å². The zero-order valence-corrected chi connectivity index (χ0v) is 11.8. The molecular formula is C15H22N2O3. The number of hydrogen-bond donors (Lipinski definition) is 2. The third-order valence-electron chi connectivity index (χ3n) is 2.85. The van der Waals surface area contributed by atoms with E-state index in [1.807, 2.05) is 30.3 Å². The Kier molecular flexibility index (Phi) is 7.35. The van der Waals surface area contributed by atoms with Gasteiger partial charge in [0.25, 0.3) is 0 Å². The highest BCUT2D eigenvalue weighted by Crippen LogP contribution is 2.14. The largest absolute Gasteiger partial charge is 0.465 e. The molecule has 5 nitrogen and oxygen atoms in total.